The Kier molecular flexibility index (Phi) is 7.21. The molecule has 116 valence electrons. The standard InChI is InChI=1S/C15H20FNO4/c1-2-9-17(11-15(19)20)14(18)8-5-10-21-13-7-4-3-6-12(13)16/h3-4,6-7H,2,5,8-11H2,1H3,(H,19,20). The van der Waals surface area contributed by atoms with E-state index in [1.165, 1.54) is 17.0 Å². The lowest BCUT2D eigenvalue weighted by Crippen LogP contribution is -2.36. The highest BCUT2D eigenvalue weighted by Gasteiger charge is 2.15. The number of carbonyl (C=O) groups excluding carboxylic acids is 1. The predicted molar refractivity (Wildman–Crippen MR) is 75.6 cm³/mol. The van der Waals surface area contributed by atoms with Gasteiger partial charge >= 0.3 is 5.97 Å². The number of para-hydroxylation sites is 1. The van der Waals surface area contributed by atoms with Crippen LogP contribution in [0.3, 0.4) is 0 Å². The summed E-state index contributed by atoms with van der Waals surface area (Å²) in [7, 11) is 0. The molecule has 1 rings (SSSR count). The van der Waals surface area contributed by atoms with Crippen molar-refractivity contribution >= 4 is 11.9 Å². The summed E-state index contributed by atoms with van der Waals surface area (Å²) in [5.41, 5.74) is 0. The molecule has 1 amide bonds. The van der Waals surface area contributed by atoms with Crippen LogP contribution < -0.4 is 4.74 Å². The molecule has 0 spiro atoms. The average Bonchev–Trinajstić information content (AvgIpc) is 2.44. The Balaban J connectivity index is 2.35. The normalized spacial score (nSPS) is 10.2. The summed E-state index contributed by atoms with van der Waals surface area (Å²) in [6, 6.07) is 6.06. The van der Waals surface area contributed by atoms with Gasteiger partial charge < -0.3 is 14.7 Å². The minimum Gasteiger partial charge on any atom is -0.491 e. The van der Waals surface area contributed by atoms with E-state index in [1.807, 2.05) is 6.92 Å². The third kappa shape index (κ3) is 6.25. The zero-order valence-electron chi connectivity index (χ0n) is 12.0. The molecular weight excluding hydrogens is 277 g/mol. The van der Waals surface area contributed by atoms with Gasteiger partial charge in [0, 0.05) is 13.0 Å². The molecule has 21 heavy (non-hydrogen) atoms. The van der Waals surface area contributed by atoms with Crippen molar-refractivity contribution in [1.29, 1.82) is 0 Å². The molecular formula is C15H20FNO4. The first-order valence-electron chi connectivity index (χ1n) is 6.91. The number of hydrogen-bond donors (Lipinski definition) is 1. The van der Waals surface area contributed by atoms with Crippen LogP contribution in [0, 0.1) is 5.82 Å². The van der Waals surface area contributed by atoms with Crippen molar-refractivity contribution in [3.05, 3.63) is 30.1 Å². The highest BCUT2D eigenvalue weighted by atomic mass is 19.1. The summed E-state index contributed by atoms with van der Waals surface area (Å²) < 4.78 is 18.5. The monoisotopic (exact) mass is 297 g/mol. The van der Waals surface area contributed by atoms with Gasteiger partial charge in [-0.05, 0) is 25.0 Å². The minimum atomic E-state index is -1.03. The van der Waals surface area contributed by atoms with Gasteiger partial charge in [0.05, 0.1) is 6.61 Å². The van der Waals surface area contributed by atoms with Crippen molar-refractivity contribution < 1.29 is 23.8 Å². The van der Waals surface area contributed by atoms with E-state index in [1.54, 1.807) is 12.1 Å². The minimum absolute atomic E-state index is 0.154. The van der Waals surface area contributed by atoms with Gasteiger partial charge in [0.2, 0.25) is 5.91 Å². The van der Waals surface area contributed by atoms with Crippen LogP contribution in [-0.4, -0.2) is 41.6 Å². The molecule has 6 heteroatoms. The fourth-order valence-corrected chi connectivity index (χ4v) is 1.85. The number of ether oxygens (including phenoxy) is 1. The Bertz CT molecular complexity index is 478. The van der Waals surface area contributed by atoms with Crippen molar-refractivity contribution in [2.24, 2.45) is 0 Å². The van der Waals surface area contributed by atoms with Crippen LogP contribution in [-0.2, 0) is 9.59 Å². The van der Waals surface area contributed by atoms with E-state index < -0.39 is 11.8 Å². The van der Waals surface area contributed by atoms with E-state index in [9.17, 15) is 14.0 Å². The Morgan fingerprint density at radius 1 is 1.33 bits per heavy atom. The van der Waals surface area contributed by atoms with Gasteiger partial charge in [-0.1, -0.05) is 19.1 Å². The first kappa shape index (κ1) is 16.9. The number of carboxylic acids is 1. The second kappa shape index (κ2) is 8.94. The van der Waals surface area contributed by atoms with Gasteiger partial charge in [-0.15, -0.1) is 0 Å². The number of carbonyl (C=O) groups is 2. The molecule has 0 unspecified atom stereocenters. The van der Waals surface area contributed by atoms with Gasteiger partial charge in [-0.3, -0.25) is 9.59 Å². The molecule has 1 aromatic rings. The van der Waals surface area contributed by atoms with Gasteiger partial charge in [-0.2, -0.15) is 0 Å². The zero-order chi connectivity index (χ0) is 15.7. The Labute approximate surface area is 123 Å². The number of amides is 1. The smallest absolute Gasteiger partial charge is 0.323 e. The fourth-order valence-electron chi connectivity index (χ4n) is 1.85. The quantitative estimate of drug-likeness (QED) is 0.710. The summed E-state index contributed by atoms with van der Waals surface area (Å²) in [6.07, 6.45) is 1.29. The van der Waals surface area contributed by atoms with Crippen molar-refractivity contribution in [3.63, 3.8) is 0 Å². The molecule has 0 fully saturated rings. The van der Waals surface area contributed by atoms with E-state index in [0.717, 1.165) is 0 Å². The molecule has 1 aromatic carbocycles. The highest BCUT2D eigenvalue weighted by molar-refractivity contribution is 5.81. The number of rotatable bonds is 9. The van der Waals surface area contributed by atoms with E-state index >= 15 is 0 Å². The number of nitrogens with zero attached hydrogens (tertiary/aromatic N) is 1. The largest absolute Gasteiger partial charge is 0.491 e. The van der Waals surface area contributed by atoms with Crippen LogP contribution in [0.2, 0.25) is 0 Å². The van der Waals surface area contributed by atoms with E-state index in [4.69, 9.17) is 9.84 Å². The lowest BCUT2D eigenvalue weighted by molar-refractivity contribution is -0.144. The second-order valence-corrected chi connectivity index (χ2v) is 4.59. The van der Waals surface area contributed by atoms with E-state index in [2.05, 4.69) is 0 Å². The van der Waals surface area contributed by atoms with Crippen LogP contribution in [0.15, 0.2) is 24.3 Å². The number of hydrogen-bond acceptors (Lipinski definition) is 3. The molecule has 0 aliphatic rings. The summed E-state index contributed by atoms with van der Waals surface area (Å²) in [5.74, 6) is -1.54. The maximum Gasteiger partial charge on any atom is 0.323 e. The Hall–Kier alpha value is -2.11. The first-order valence-corrected chi connectivity index (χ1v) is 6.91. The molecule has 0 heterocycles. The molecule has 0 saturated heterocycles. The van der Waals surface area contributed by atoms with Gasteiger partial charge in [0.15, 0.2) is 11.6 Å². The van der Waals surface area contributed by atoms with Crippen LogP contribution >= 0.6 is 0 Å². The lowest BCUT2D eigenvalue weighted by atomic mass is 10.2. The molecule has 0 aliphatic heterocycles. The summed E-state index contributed by atoms with van der Waals surface area (Å²) in [6.45, 7) is 2.21. The maximum atomic E-state index is 13.3. The molecule has 0 saturated carbocycles. The molecule has 0 aromatic heterocycles. The first-order chi connectivity index (χ1) is 10.0. The molecule has 0 aliphatic carbocycles. The SMILES string of the molecule is CCCN(CC(=O)O)C(=O)CCCOc1ccccc1F. The molecule has 0 bridgehead atoms. The van der Waals surface area contributed by atoms with Crippen molar-refractivity contribution in [3.8, 4) is 5.75 Å². The zero-order valence-corrected chi connectivity index (χ0v) is 12.0. The van der Waals surface area contributed by atoms with Crippen molar-refractivity contribution in [2.75, 3.05) is 19.7 Å². The average molecular weight is 297 g/mol. The Morgan fingerprint density at radius 3 is 2.67 bits per heavy atom. The number of carboxylic acid groups (broad SMARTS) is 1. The maximum absolute atomic E-state index is 13.3. The van der Waals surface area contributed by atoms with Crippen LogP contribution in [0.5, 0.6) is 5.75 Å². The van der Waals surface area contributed by atoms with Crippen molar-refractivity contribution in [2.45, 2.75) is 26.2 Å². The van der Waals surface area contributed by atoms with Crippen LogP contribution in [0.1, 0.15) is 26.2 Å². The molecule has 1 N–H and O–H groups in total. The van der Waals surface area contributed by atoms with Crippen LogP contribution in [0.4, 0.5) is 4.39 Å². The lowest BCUT2D eigenvalue weighted by Gasteiger charge is -2.19. The second-order valence-electron chi connectivity index (χ2n) is 4.59. The molecule has 0 atom stereocenters. The van der Waals surface area contributed by atoms with Gasteiger partial charge in [0.1, 0.15) is 6.54 Å². The summed E-state index contributed by atoms with van der Waals surface area (Å²) in [4.78, 5) is 23.9. The van der Waals surface area contributed by atoms with E-state index in [0.29, 0.717) is 19.4 Å². The number of halogens is 1. The van der Waals surface area contributed by atoms with Gasteiger partial charge in [-0.25, -0.2) is 4.39 Å². The summed E-state index contributed by atoms with van der Waals surface area (Å²) >= 11 is 0. The molecule has 5 nitrogen and oxygen atoms in total. The number of benzene rings is 1. The number of aliphatic carboxylic acids is 1. The summed E-state index contributed by atoms with van der Waals surface area (Å²) in [5, 5.41) is 8.75. The topological polar surface area (TPSA) is 66.8 Å². The van der Waals surface area contributed by atoms with Crippen LogP contribution in [0.25, 0.3) is 0 Å². The third-order valence-corrected chi connectivity index (χ3v) is 2.80. The fraction of sp³-hybridized carbons (Fsp3) is 0.467. The van der Waals surface area contributed by atoms with E-state index in [-0.39, 0.29) is 31.2 Å². The third-order valence-electron chi connectivity index (χ3n) is 2.80. The highest BCUT2D eigenvalue weighted by Crippen LogP contribution is 2.15. The van der Waals surface area contributed by atoms with Crippen molar-refractivity contribution in [1.82, 2.24) is 4.90 Å². The predicted octanol–water partition coefficient (Wildman–Crippen LogP) is 2.31. The van der Waals surface area contributed by atoms with Gasteiger partial charge in [0.25, 0.3) is 0 Å². The Morgan fingerprint density at radius 2 is 2.05 bits per heavy atom. The molecule has 0 radical (unpaired) electrons.